The molecule has 2 N–H and O–H groups in total. The quantitative estimate of drug-likeness (QED) is 0.804. The van der Waals surface area contributed by atoms with E-state index in [0.29, 0.717) is 19.0 Å². The number of aryl methyl sites for hydroxylation is 1. The van der Waals surface area contributed by atoms with Gasteiger partial charge in [-0.25, -0.2) is 0 Å². The molecule has 1 atom stereocenters. The normalized spacial score (nSPS) is 13.3. The van der Waals surface area contributed by atoms with Crippen molar-refractivity contribution in [3.8, 4) is 0 Å². The topological polar surface area (TPSA) is 54.3 Å². The maximum atomic E-state index is 11.6. The number of nitrogens with zero attached hydrogens (tertiary/aromatic N) is 1. The van der Waals surface area contributed by atoms with E-state index < -0.39 is 6.10 Å². The molecule has 4 nitrogen and oxygen atoms in total. The molecule has 17 heavy (non-hydrogen) atoms. The maximum absolute atomic E-state index is 11.6. The molecule has 0 amide bonds. The average molecular weight is 258 g/mol. The van der Waals surface area contributed by atoms with Gasteiger partial charge in [0.1, 0.15) is 0 Å². The van der Waals surface area contributed by atoms with E-state index >= 15 is 0 Å². The Hall–Kier alpha value is -0.650. The fourth-order valence-corrected chi connectivity index (χ4v) is 2.45. The number of aliphatic hydroxyl groups excluding tert-OH is 1. The van der Waals surface area contributed by atoms with Crippen molar-refractivity contribution in [3.05, 3.63) is 20.2 Å². The molecule has 1 aromatic rings. The summed E-state index contributed by atoms with van der Waals surface area (Å²) < 4.78 is 1.65. The number of hydrogen-bond acceptors (Lipinski definition) is 4. The average Bonchev–Trinajstić information content (AvgIpc) is 2.44. The number of hydrogen-bond donors (Lipinski definition) is 2. The van der Waals surface area contributed by atoms with Gasteiger partial charge in [0.25, 0.3) is 0 Å². The lowest BCUT2D eigenvalue weighted by molar-refractivity contribution is 0.149. The number of aliphatic hydroxyl groups is 1. The maximum Gasteiger partial charge on any atom is 0.307 e. The van der Waals surface area contributed by atoms with Gasteiger partial charge in [0.15, 0.2) is 0 Å². The molecule has 98 valence electrons. The first kappa shape index (κ1) is 14.4. The van der Waals surface area contributed by atoms with E-state index in [1.54, 1.807) is 4.57 Å². The first-order valence-corrected chi connectivity index (χ1v) is 6.79. The van der Waals surface area contributed by atoms with Gasteiger partial charge in [-0.1, -0.05) is 25.2 Å². The molecule has 0 aliphatic carbocycles. The van der Waals surface area contributed by atoms with Gasteiger partial charge in [0.05, 0.1) is 12.6 Å². The second-order valence-corrected chi connectivity index (χ2v) is 5.99. The highest BCUT2D eigenvalue weighted by atomic mass is 32.1. The Morgan fingerprint density at radius 3 is 2.47 bits per heavy atom. The van der Waals surface area contributed by atoms with Crippen molar-refractivity contribution in [2.75, 3.05) is 13.1 Å². The van der Waals surface area contributed by atoms with E-state index in [1.807, 2.05) is 13.8 Å². The predicted molar refractivity (Wildman–Crippen MR) is 71.8 cm³/mol. The van der Waals surface area contributed by atoms with Gasteiger partial charge in [-0.05, 0) is 26.3 Å². The van der Waals surface area contributed by atoms with Gasteiger partial charge in [0, 0.05) is 17.1 Å². The Bertz CT molecular complexity index is 409. The molecular formula is C12H22N2O2S. The highest BCUT2D eigenvalue weighted by Gasteiger charge is 2.11. The fraction of sp³-hybridized carbons (Fsp3) is 0.750. The molecule has 1 rings (SSSR count). The Kier molecular flexibility index (Phi) is 5.36. The molecule has 0 radical (unpaired) electrons. The lowest BCUT2D eigenvalue weighted by atomic mass is 10.2. The van der Waals surface area contributed by atoms with Gasteiger partial charge < -0.3 is 15.0 Å². The van der Waals surface area contributed by atoms with E-state index in [9.17, 15) is 9.90 Å². The predicted octanol–water partition coefficient (Wildman–Crippen LogP) is 1.13. The third kappa shape index (κ3) is 4.26. The molecule has 0 bridgehead atoms. The van der Waals surface area contributed by atoms with Crippen LogP contribution in [0.25, 0.3) is 0 Å². The number of nitrogens with one attached hydrogen (secondary N) is 1. The highest BCUT2D eigenvalue weighted by Crippen LogP contribution is 2.09. The van der Waals surface area contributed by atoms with Crippen LogP contribution in [0.4, 0.5) is 0 Å². The van der Waals surface area contributed by atoms with Crippen molar-refractivity contribution < 1.29 is 5.11 Å². The lowest BCUT2D eigenvalue weighted by Gasteiger charge is -2.14. The summed E-state index contributed by atoms with van der Waals surface area (Å²) in [6.45, 7) is 9.88. The summed E-state index contributed by atoms with van der Waals surface area (Å²) in [7, 11) is 0. The Balaban J connectivity index is 2.50. The fourth-order valence-electron chi connectivity index (χ4n) is 1.61. The Labute approximate surface area is 106 Å². The highest BCUT2D eigenvalue weighted by molar-refractivity contribution is 7.09. The van der Waals surface area contributed by atoms with Crippen molar-refractivity contribution in [1.82, 2.24) is 9.88 Å². The monoisotopic (exact) mass is 258 g/mol. The number of rotatable bonds is 6. The van der Waals surface area contributed by atoms with Crippen LogP contribution in [0, 0.1) is 19.8 Å². The van der Waals surface area contributed by atoms with Crippen LogP contribution in [0.1, 0.15) is 24.4 Å². The zero-order chi connectivity index (χ0) is 13.0. The summed E-state index contributed by atoms with van der Waals surface area (Å²) in [4.78, 5) is 12.7. The first-order valence-electron chi connectivity index (χ1n) is 5.97. The van der Waals surface area contributed by atoms with Crippen molar-refractivity contribution in [2.45, 2.75) is 40.3 Å². The van der Waals surface area contributed by atoms with E-state index in [2.05, 4.69) is 19.2 Å². The molecule has 0 spiro atoms. The van der Waals surface area contributed by atoms with Crippen molar-refractivity contribution in [3.63, 3.8) is 0 Å². The summed E-state index contributed by atoms with van der Waals surface area (Å²) in [6, 6.07) is 0. The smallest absolute Gasteiger partial charge is 0.307 e. The Morgan fingerprint density at radius 1 is 1.35 bits per heavy atom. The summed E-state index contributed by atoms with van der Waals surface area (Å²) in [5.41, 5.74) is 0.961. The number of aromatic nitrogens is 1. The van der Waals surface area contributed by atoms with E-state index in [0.717, 1.165) is 17.1 Å². The summed E-state index contributed by atoms with van der Waals surface area (Å²) in [5.74, 6) is 0.565. The molecule has 1 aromatic heterocycles. The van der Waals surface area contributed by atoms with Crippen molar-refractivity contribution >= 4 is 11.3 Å². The van der Waals surface area contributed by atoms with Gasteiger partial charge in [0.2, 0.25) is 0 Å². The molecule has 1 heterocycles. The molecule has 0 fully saturated rings. The van der Waals surface area contributed by atoms with Crippen LogP contribution in [0.5, 0.6) is 0 Å². The number of thiazole rings is 1. The van der Waals surface area contributed by atoms with Crippen LogP contribution in [0.15, 0.2) is 4.79 Å². The third-order valence-electron chi connectivity index (χ3n) is 2.70. The van der Waals surface area contributed by atoms with Gasteiger partial charge in [-0.15, -0.1) is 0 Å². The van der Waals surface area contributed by atoms with E-state index in [-0.39, 0.29) is 4.87 Å². The molecule has 0 aliphatic rings. The molecule has 0 saturated carbocycles. The lowest BCUT2D eigenvalue weighted by Crippen LogP contribution is -2.34. The zero-order valence-corrected chi connectivity index (χ0v) is 11.8. The minimum Gasteiger partial charge on any atom is -0.390 e. The van der Waals surface area contributed by atoms with E-state index in [1.165, 1.54) is 11.3 Å². The molecule has 0 saturated heterocycles. The second kappa shape index (κ2) is 6.33. The van der Waals surface area contributed by atoms with Crippen LogP contribution in [0.2, 0.25) is 0 Å². The van der Waals surface area contributed by atoms with Crippen molar-refractivity contribution in [1.29, 1.82) is 0 Å². The molecular weight excluding hydrogens is 236 g/mol. The summed E-state index contributed by atoms with van der Waals surface area (Å²) in [5, 5.41) is 13.0. The van der Waals surface area contributed by atoms with Crippen LogP contribution < -0.4 is 10.2 Å². The molecule has 5 heteroatoms. The van der Waals surface area contributed by atoms with Crippen LogP contribution in [-0.4, -0.2) is 28.9 Å². The first-order chi connectivity index (χ1) is 7.91. The molecule has 0 aromatic carbocycles. The zero-order valence-electron chi connectivity index (χ0n) is 11.0. The van der Waals surface area contributed by atoms with Crippen LogP contribution in [0.3, 0.4) is 0 Å². The molecule has 1 unspecified atom stereocenters. The minimum atomic E-state index is -0.515. The van der Waals surface area contributed by atoms with Crippen LogP contribution in [-0.2, 0) is 6.54 Å². The van der Waals surface area contributed by atoms with Crippen molar-refractivity contribution in [2.24, 2.45) is 5.92 Å². The summed E-state index contributed by atoms with van der Waals surface area (Å²) >= 11 is 1.24. The Morgan fingerprint density at radius 2 is 2.00 bits per heavy atom. The van der Waals surface area contributed by atoms with Gasteiger partial charge in [-0.2, -0.15) is 0 Å². The van der Waals surface area contributed by atoms with Crippen LogP contribution >= 0.6 is 11.3 Å². The second-order valence-electron chi connectivity index (χ2n) is 4.83. The summed E-state index contributed by atoms with van der Waals surface area (Å²) in [6.07, 6.45) is -0.515. The van der Waals surface area contributed by atoms with Gasteiger partial charge in [-0.3, -0.25) is 4.79 Å². The standard InChI is InChI=1S/C12H22N2O2S/c1-8(2)5-13-6-11(15)7-14-9(3)10(4)17-12(14)16/h8,11,13,15H,5-7H2,1-4H3. The van der Waals surface area contributed by atoms with Gasteiger partial charge >= 0.3 is 4.87 Å². The van der Waals surface area contributed by atoms with E-state index in [4.69, 9.17) is 0 Å². The molecule has 0 aliphatic heterocycles. The third-order valence-corrected chi connectivity index (χ3v) is 3.70. The SMILES string of the molecule is Cc1sc(=O)n(CC(O)CNCC(C)C)c1C. The minimum absolute atomic E-state index is 0.0166. The largest absolute Gasteiger partial charge is 0.390 e.